The van der Waals surface area contributed by atoms with Gasteiger partial charge in [-0.05, 0) is 59.4 Å². The van der Waals surface area contributed by atoms with Crippen molar-refractivity contribution in [2.75, 3.05) is 19.5 Å². The van der Waals surface area contributed by atoms with Crippen molar-refractivity contribution in [3.8, 4) is 11.5 Å². The smallest absolute Gasteiger partial charge is 0.261 e. The highest BCUT2D eigenvalue weighted by Crippen LogP contribution is 2.26. The Kier molecular flexibility index (Phi) is 5.34. The molecule has 0 spiro atoms. The zero-order chi connectivity index (χ0) is 18.5. The maximum atomic E-state index is 12.6. The van der Waals surface area contributed by atoms with Crippen LogP contribution in [0.2, 0.25) is 0 Å². The molecule has 26 heavy (non-hydrogen) atoms. The molecule has 6 heteroatoms. The standard InChI is InChI=1S/C20H18N2O3S/c1-24-16-9-7-15(8-10-16)21-20(26)22-19(23)17-11-13-5-3-4-6-14(13)12-18(17)25-2/h3-12H,1-2H3,(H2,21,22,23,26). The van der Waals surface area contributed by atoms with Crippen molar-refractivity contribution in [1.82, 2.24) is 5.32 Å². The minimum absolute atomic E-state index is 0.204. The third-order valence-corrected chi connectivity index (χ3v) is 4.09. The van der Waals surface area contributed by atoms with Crippen molar-refractivity contribution in [1.29, 1.82) is 0 Å². The van der Waals surface area contributed by atoms with E-state index in [1.165, 1.54) is 7.11 Å². The van der Waals surface area contributed by atoms with E-state index in [2.05, 4.69) is 10.6 Å². The second kappa shape index (κ2) is 7.84. The zero-order valence-corrected chi connectivity index (χ0v) is 15.2. The van der Waals surface area contributed by atoms with E-state index >= 15 is 0 Å². The van der Waals surface area contributed by atoms with Crippen molar-refractivity contribution in [3.63, 3.8) is 0 Å². The quantitative estimate of drug-likeness (QED) is 0.684. The third-order valence-electron chi connectivity index (χ3n) is 3.89. The van der Waals surface area contributed by atoms with E-state index in [0.717, 1.165) is 22.2 Å². The van der Waals surface area contributed by atoms with Crippen LogP contribution in [-0.4, -0.2) is 25.2 Å². The molecule has 3 aromatic rings. The molecule has 0 saturated carbocycles. The van der Waals surface area contributed by atoms with Crippen LogP contribution >= 0.6 is 12.2 Å². The average Bonchev–Trinajstić information content (AvgIpc) is 2.67. The molecule has 2 N–H and O–H groups in total. The topological polar surface area (TPSA) is 59.6 Å². The first kappa shape index (κ1) is 17.7. The molecular formula is C20H18N2O3S. The van der Waals surface area contributed by atoms with E-state index in [9.17, 15) is 4.79 Å². The Morgan fingerprint density at radius 2 is 1.58 bits per heavy atom. The minimum atomic E-state index is -0.335. The predicted octanol–water partition coefficient (Wildman–Crippen LogP) is 3.98. The lowest BCUT2D eigenvalue weighted by atomic mass is 10.1. The second-order valence-electron chi connectivity index (χ2n) is 5.54. The summed E-state index contributed by atoms with van der Waals surface area (Å²) in [5.74, 6) is 0.901. The molecule has 0 aliphatic carbocycles. The van der Waals surface area contributed by atoms with Gasteiger partial charge in [0.1, 0.15) is 11.5 Å². The van der Waals surface area contributed by atoms with Gasteiger partial charge in [0.05, 0.1) is 19.8 Å². The van der Waals surface area contributed by atoms with Crippen molar-refractivity contribution >= 4 is 39.7 Å². The number of benzene rings is 3. The van der Waals surface area contributed by atoms with Crippen LogP contribution in [0, 0.1) is 0 Å². The average molecular weight is 366 g/mol. The van der Waals surface area contributed by atoms with Crippen LogP contribution in [0.4, 0.5) is 5.69 Å². The van der Waals surface area contributed by atoms with Gasteiger partial charge in [0.25, 0.3) is 5.91 Å². The van der Waals surface area contributed by atoms with E-state index in [-0.39, 0.29) is 11.0 Å². The Bertz CT molecular complexity index is 955. The molecule has 5 nitrogen and oxygen atoms in total. The predicted molar refractivity (Wildman–Crippen MR) is 107 cm³/mol. The van der Waals surface area contributed by atoms with Crippen LogP contribution < -0.4 is 20.1 Å². The summed E-state index contributed by atoms with van der Waals surface area (Å²) < 4.78 is 10.5. The number of carbonyl (C=O) groups is 1. The van der Waals surface area contributed by atoms with Gasteiger partial charge in [0, 0.05) is 5.69 Å². The fraction of sp³-hybridized carbons (Fsp3) is 0.100. The summed E-state index contributed by atoms with van der Waals surface area (Å²) >= 11 is 5.23. The van der Waals surface area contributed by atoms with Crippen molar-refractivity contribution in [2.24, 2.45) is 0 Å². The summed E-state index contributed by atoms with van der Waals surface area (Å²) in [6.45, 7) is 0. The fourth-order valence-electron chi connectivity index (χ4n) is 2.57. The molecule has 0 aliphatic heterocycles. The molecule has 0 unspecified atom stereocenters. The zero-order valence-electron chi connectivity index (χ0n) is 14.4. The van der Waals surface area contributed by atoms with Gasteiger partial charge in [-0.15, -0.1) is 0 Å². The van der Waals surface area contributed by atoms with E-state index < -0.39 is 0 Å². The molecule has 0 atom stereocenters. The highest BCUT2D eigenvalue weighted by Gasteiger charge is 2.15. The molecule has 132 valence electrons. The van der Waals surface area contributed by atoms with Crippen LogP contribution in [0.25, 0.3) is 10.8 Å². The molecule has 0 fully saturated rings. The van der Waals surface area contributed by atoms with Gasteiger partial charge in [0.2, 0.25) is 0 Å². The van der Waals surface area contributed by atoms with E-state index in [1.54, 1.807) is 25.3 Å². The fourth-order valence-corrected chi connectivity index (χ4v) is 2.78. The highest BCUT2D eigenvalue weighted by atomic mass is 32.1. The molecule has 0 bridgehead atoms. The molecule has 3 aromatic carbocycles. The summed E-state index contributed by atoms with van der Waals surface area (Å²) in [5.41, 5.74) is 1.17. The third kappa shape index (κ3) is 3.92. The number of carbonyl (C=O) groups excluding carboxylic acids is 1. The molecular weight excluding hydrogens is 348 g/mol. The Morgan fingerprint density at radius 1 is 0.923 bits per heavy atom. The Hall–Kier alpha value is -3.12. The summed E-state index contributed by atoms with van der Waals surface area (Å²) in [5, 5.41) is 7.81. The molecule has 0 heterocycles. The first-order chi connectivity index (χ1) is 12.6. The molecule has 0 aromatic heterocycles. The van der Waals surface area contributed by atoms with Gasteiger partial charge in [-0.3, -0.25) is 10.1 Å². The number of fused-ring (bicyclic) bond motifs is 1. The first-order valence-electron chi connectivity index (χ1n) is 7.94. The second-order valence-corrected chi connectivity index (χ2v) is 5.94. The van der Waals surface area contributed by atoms with Crippen molar-refractivity contribution < 1.29 is 14.3 Å². The minimum Gasteiger partial charge on any atom is -0.497 e. The number of methoxy groups -OCH3 is 2. The normalized spacial score (nSPS) is 10.2. The number of thiocarbonyl (C=S) groups is 1. The van der Waals surface area contributed by atoms with Crippen LogP contribution in [0.1, 0.15) is 10.4 Å². The number of amides is 1. The highest BCUT2D eigenvalue weighted by molar-refractivity contribution is 7.80. The number of rotatable bonds is 4. The van der Waals surface area contributed by atoms with Gasteiger partial charge in [-0.1, -0.05) is 24.3 Å². The van der Waals surface area contributed by atoms with Crippen LogP contribution in [0.5, 0.6) is 11.5 Å². The van der Waals surface area contributed by atoms with Gasteiger partial charge < -0.3 is 14.8 Å². The largest absolute Gasteiger partial charge is 0.497 e. The lowest BCUT2D eigenvalue weighted by Crippen LogP contribution is -2.34. The molecule has 0 radical (unpaired) electrons. The molecule has 3 rings (SSSR count). The van der Waals surface area contributed by atoms with E-state index in [1.807, 2.05) is 42.5 Å². The van der Waals surface area contributed by atoms with Crippen LogP contribution in [0.15, 0.2) is 60.7 Å². The van der Waals surface area contributed by atoms with Gasteiger partial charge in [-0.25, -0.2) is 0 Å². The van der Waals surface area contributed by atoms with Gasteiger partial charge >= 0.3 is 0 Å². The number of hydrogen-bond acceptors (Lipinski definition) is 4. The van der Waals surface area contributed by atoms with Crippen molar-refractivity contribution in [2.45, 2.75) is 0 Å². The number of anilines is 1. The lowest BCUT2D eigenvalue weighted by molar-refractivity contribution is 0.0975. The SMILES string of the molecule is COc1ccc(NC(=S)NC(=O)c2cc3ccccc3cc2OC)cc1. The van der Waals surface area contributed by atoms with E-state index in [4.69, 9.17) is 21.7 Å². The lowest BCUT2D eigenvalue weighted by Gasteiger charge is -2.13. The number of ether oxygens (including phenoxy) is 2. The van der Waals surface area contributed by atoms with Gasteiger partial charge in [0.15, 0.2) is 5.11 Å². The first-order valence-corrected chi connectivity index (χ1v) is 8.34. The molecule has 1 amide bonds. The molecule has 0 aliphatic rings. The Morgan fingerprint density at radius 3 is 2.19 bits per heavy atom. The summed E-state index contributed by atoms with van der Waals surface area (Å²) in [6.07, 6.45) is 0. The maximum absolute atomic E-state index is 12.6. The van der Waals surface area contributed by atoms with E-state index in [0.29, 0.717) is 11.3 Å². The summed E-state index contributed by atoms with van der Waals surface area (Å²) in [4.78, 5) is 12.6. The van der Waals surface area contributed by atoms with Crippen LogP contribution in [-0.2, 0) is 0 Å². The Labute approximate surface area is 156 Å². The summed E-state index contributed by atoms with van der Waals surface area (Å²) in [7, 11) is 3.14. The van der Waals surface area contributed by atoms with Crippen molar-refractivity contribution in [3.05, 3.63) is 66.2 Å². The number of nitrogens with one attached hydrogen (secondary N) is 2. The Balaban J connectivity index is 1.76. The summed E-state index contributed by atoms with van der Waals surface area (Å²) in [6, 6.07) is 18.6. The number of hydrogen-bond donors (Lipinski definition) is 2. The monoisotopic (exact) mass is 366 g/mol. The van der Waals surface area contributed by atoms with Crippen LogP contribution in [0.3, 0.4) is 0 Å². The van der Waals surface area contributed by atoms with Gasteiger partial charge in [-0.2, -0.15) is 0 Å². The maximum Gasteiger partial charge on any atom is 0.261 e. The molecule has 0 saturated heterocycles.